The molecule has 0 radical (unpaired) electrons. The summed E-state index contributed by atoms with van der Waals surface area (Å²) in [6.07, 6.45) is 4.90. The maximum Gasteiger partial charge on any atom is 0.306 e. The molecule has 0 aliphatic carbocycles. The predicted octanol–water partition coefficient (Wildman–Crippen LogP) is 1.85. The molecule has 1 N–H and O–H groups in total. The van der Waals surface area contributed by atoms with Crippen molar-refractivity contribution in [1.82, 2.24) is 9.78 Å². The Morgan fingerprint density at radius 1 is 1.60 bits per heavy atom. The van der Waals surface area contributed by atoms with Crippen LogP contribution in [0.4, 0.5) is 0 Å². The van der Waals surface area contributed by atoms with E-state index in [1.54, 1.807) is 10.9 Å². The number of hydrogen-bond acceptors (Lipinski definition) is 2. The molecule has 1 atom stereocenters. The van der Waals surface area contributed by atoms with Gasteiger partial charge >= 0.3 is 5.97 Å². The van der Waals surface area contributed by atoms with Crippen LogP contribution in [0, 0.1) is 5.92 Å². The van der Waals surface area contributed by atoms with Gasteiger partial charge in [0.15, 0.2) is 0 Å². The summed E-state index contributed by atoms with van der Waals surface area (Å²) < 4.78 is 1.80. The van der Waals surface area contributed by atoms with Gasteiger partial charge < -0.3 is 5.11 Å². The number of aliphatic carboxylic acids is 1. The average Bonchev–Trinajstić information content (AvgIpc) is 2.58. The monoisotopic (exact) mass is 210 g/mol. The summed E-state index contributed by atoms with van der Waals surface area (Å²) >= 11 is 0. The SMILES string of the molecule is CCCC(CCc1ccnn1C)C(=O)O. The quantitative estimate of drug-likeness (QED) is 0.779. The van der Waals surface area contributed by atoms with Crippen molar-refractivity contribution in [2.24, 2.45) is 13.0 Å². The molecule has 84 valence electrons. The van der Waals surface area contributed by atoms with Crippen molar-refractivity contribution in [2.75, 3.05) is 0 Å². The number of aromatic nitrogens is 2. The van der Waals surface area contributed by atoms with Crippen LogP contribution >= 0.6 is 0 Å². The lowest BCUT2D eigenvalue weighted by Gasteiger charge is -2.10. The Bertz CT molecular complexity index is 320. The van der Waals surface area contributed by atoms with E-state index in [0.717, 1.165) is 25.0 Å². The molecule has 0 saturated carbocycles. The number of hydrogen-bond donors (Lipinski definition) is 1. The van der Waals surface area contributed by atoms with E-state index < -0.39 is 5.97 Å². The smallest absolute Gasteiger partial charge is 0.306 e. The Hall–Kier alpha value is -1.32. The Labute approximate surface area is 89.9 Å². The number of carbonyl (C=O) groups is 1. The van der Waals surface area contributed by atoms with Crippen molar-refractivity contribution in [3.05, 3.63) is 18.0 Å². The molecule has 1 heterocycles. The third-order valence-electron chi connectivity index (χ3n) is 2.66. The summed E-state index contributed by atoms with van der Waals surface area (Å²) in [5.41, 5.74) is 1.09. The summed E-state index contributed by atoms with van der Waals surface area (Å²) in [7, 11) is 1.88. The molecule has 0 amide bonds. The van der Waals surface area contributed by atoms with Gasteiger partial charge in [-0.1, -0.05) is 13.3 Å². The molecule has 0 aliphatic heterocycles. The first-order valence-corrected chi connectivity index (χ1v) is 5.34. The highest BCUT2D eigenvalue weighted by atomic mass is 16.4. The van der Waals surface area contributed by atoms with Crippen LogP contribution in [-0.4, -0.2) is 20.9 Å². The van der Waals surface area contributed by atoms with Crippen LogP contribution in [0.5, 0.6) is 0 Å². The van der Waals surface area contributed by atoms with Crippen molar-refractivity contribution in [3.8, 4) is 0 Å². The topological polar surface area (TPSA) is 55.1 Å². The third-order valence-corrected chi connectivity index (χ3v) is 2.66. The van der Waals surface area contributed by atoms with E-state index in [1.165, 1.54) is 0 Å². The van der Waals surface area contributed by atoms with E-state index >= 15 is 0 Å². The molecule has 1 aromatic heterocycles. The maximum atomic E-state index is 10.9. The Kier molecular flexibility index (Phi) is 4.34. The molecule has 15 heavy (non-hydrogen) atoms. The van der Waals surface area contributed by atoms with Crippen LogP contribution in [0.3, 0.4) is 0 Å². The first kappa shape index (κ1) is 11.8. The zero-order chi connectivity index (χ0) is 11.3. The van der Waals surface area contributed by atoms with Gasteiger partial charge in [-0.15, -0.1) is 0 Å². The minimum Gasteiger partial charge on any atom is -0.481 e. The fraction of sp³-hybridized carbons (Fsp3) is 0.636. The minimum atomic E-state index is -0.681. The van der Waals surface area contributed by atoms with E-state index in [4.69, 9.17) is 5.11 Å². The van der Waals surface area contributed by atoms with Gasteiger partial charge in [0.25, 0.3) is 0 Å². The van der Waals surface area contributed by atoms with Crippen molar-refractivity contribution in [3.63, 3.8) is 0 Å². The van der Waals surface area contributed by atoms with Crippen molar-refractivity contribution >= 4 is 5.97 Å². The molecule has 0 spiro atoms. The van der Waals surface area contributed by atoms with Crippen molar-refractivity contribution < 1.29 is 9.90 Å². The largest absolute Gasteiger partial charge is 0.481 e. The van der Waals surface area contributed by atoms with E-state index in [0.29, 0.717) is 6.42 Å². The number of rotatable bonds is 6. The first-order chi connectivity index (χ1) is 7.15. The zero-order valence-corrected chi connectivity index (χ0v) is 9.31. The first-order valence-electron chi connectivity index (χ1n) is 5.34. The lowest BCUT2D eigenvalue weighted by atomic mass is 9.97. The van der Waals surface area contributed by atoms with Crippen LogP contribution in [0.25, 0.3) is 0 Å². The molecule has 4 nitrogen and oxygen atoms in total. The van der Waals surface area contributed by atoms with E-state index in [-0.39, 0.29) is 5.92 Å². The van der Waals surface area contributed by atoms with Gasteiger partial charge in [-0.25, -0.2) is 0 Å². The fourth-order valence-corrected chi connectivity index (χ4v) is 1.71. The minimum absolute atomic E-state index is 0.218. The van der Waals surface area contributed by atoms with Gasteiger partial charge in [0.2, 0.25) is 0 Å². The molecule has 0 aromatic carbocycles. The standard InChI is InChI=1S/C11H18N2O2/c1-3-4-9(11(14)15)5-6-10-7-8-12-13(10)2/h7-9H,3-6H2,1-2H3,(H,14,15). The molecule has 1 rings (SSSR count). The zero-order valence-electron chi connectivity index (χ0n) is 9.31. The lowest BCUT2D eigenvalue weighted by molar-refractivity contribution is -0.142. The normalized spacial score (nSPS) is 12.7. The highest BCUT2D eigenvalue weighted by molar-refractivity contribution is 5.69. The summed E-state index contributed by atoms with van der Waals surface area (Å²) in [4.78, 5) is 10.9. The molecule has 4 heteroatoms. The van der Waals surface area contributed by atoms with Gasteiger partial charge in [-0.3, -0.25) is 9.48 Å². The van der Waals surface area contributed by atoms with Crippen LogP contribution in [0.1, 0.15) is 31.9 Å². The summed E-state index contributed by atoms with van der Waals surface area (Å²) in [6.45, 7) is 2.01. The Morgan fingerprint density at radius 2 is 2.33 bits per heavy atom. The van der Waals surface area contributed by atoms with E-state index in [1.807, 2.05) is 20.0 Å². The van der Waals surface area contributed by atoms with E-state index in [2.05, 4.69) is 5.10 Å². The molecular formula is C11H18N2O2. The fourth-order valence-electron chi connectivity index (χ4n) is 1.71. The molecular weight excluding hydrogens is 192 g/mol. The maximum absolute atomic E-state index is 10.9. The second kappa shape index (κ2) is 5.53. The van der Waals surface area contributed by atoms with Gasteiger partial charge in [0, 0.05) is 18.9 Å². The van der Waals surface area contributed by atoms with Crippen molar-refractivity contribution in [1.29, 1.82) is 0 Å². The number of aryl methyl sites for hydroxylation is 2. The Morgan fingerprint density at radius 3 is 2.80 bits per heavy atom. The number of carboxylic acids is 1. The van der Waals surface area contributed by atoms with Crippen LogP contribution < -0.4 is 0 Å². The summed E-state index contributed by atoms with van der Waals surface area (Å²) in [5.74, 6) is -0.899. The molecule has 1 unspecified atom stereocenters. The van der Waals surface area contributed by atoms with Gasteiger partial charge in [-0.05, 0) is 25.3 Å². The molecule has 0 aliphatic rings. The average molecular weight is 210 g/mol. The second-order valence-corrected chi connectivity index (χ2v) is 3.81. The van der Waals surface area contributed by atoms with Gasteiger partial charge in [0.05, 0.1) is 5.92 Å². The molecule has 0 fully saturated rings. The van der Waals surface area contributed by atoms with Gasteiger partial charge in [-0.2, -0.15) is 5.10 Å². The Balaban J connectivity index is 2.47. The van der Waals surface area contributed by atoms with Crippen LogP contribution in [0.2, 0.25) is 0 Å². The van der Waals surface area contributed by atoms with Gasteiger partial charge in [0.1, 0.15) is 0 Å². The number of nitrogens with zero attached hydrogens (tertiary/aromatic N) is 2. The lowest BCUT2D eigenvalue weighted by Crippen LogP contribution is -2.15. The molecule has 0 bridgehead atoms. The van der Waals surface area contributed by atoms with Crippen LogP contribution in [0.15, 0.2) is 12.3 Å². The van der Waals surface area contributed by atoms with Crippen molar-refractivity contribution in [2.45, 2.75) is 32.6 Å². The summed E-state index contributed by atoms with van der Waals surface area (Å²) in [5, 5.41) is 13.0. The highest BCUT2D eigenvalue weighted by Gasteiger charge is 2.16. The predicted molar refractivity (Wildman–Crippen MR) is 57.6 cm³/mol. The molecule has 0 saturated heterocycles. The summed E-state index contributed by atoms with van der Waals surface area (Å²) in [6, 6.07) is 1.94. The van der Waals surface area contributed by atoms with E-state index in [9.17, 15) is 4.79 Å². The van der Waals surface area contributed by atoms with Crippen LogP contribution in [-0.2, 0) is 18.3 Å². The second-order valence-electron chi connectivity index (χ2n) is 3.81. The third kappa shape index (κ3) is 3.38. The number of carboxylic acid groups (broad SMARTS) is 1. The highest BCUT2D eigenvalue weighted by Crippen LogP contribution is 2.14. The molecule has 1 aromatic rings.